The Labute approximate surface area is 149 Å². The number of H-pyrrole nitrogens is 1. The van der Waals surface area contributed by atoms with E-state index in [9.17, 15) is 9.59 Å². The summed E-state index contributed by atoms with van der Waals surface area (Å²) in [5.74, 6) is 1.57. The molecular formula is C18H21N5O3. The molecule has 0 aliphatic carbocycles. The van der Waals surface area contributed by atoms with E-state index in [2.05, 4.69) is 21.4 Å². The molecule has 2 N–H and O–H groups in total. The van der Waals surface area contributed by atoms with Crippen LogP contribution in [0, 0.1) is 0 Å². The van der Waals surface area contributed by atoms with Crippen molar-refractivity contribution in [3.05, 3.63) is 56.5 Å². The first-order chi connectivity index (χ1) is 12.5. The molecule has 0 saturated carbocycles. The van der Waals surface area contributed by atoms with Crippen molar-refractivity contribution in [3.8, 4) is 5.75 Å². The summed E-state index contributed by atoms with van der Waals surface area (Å²) < 4.78 is 8.34. The number of hydrogen-bond acceptors (Lipinski definition) is 5. The van der Waals surface area contributed by atoms with E-state index in [0.29, 0.717) is 30.1 Å². The van der Waals surface area contributed by atoms with Crippen molar-refractivity contribution in [2.24, 2.45) is 14.1 Å². The lowest BCUT2D eigenvalue weighted by Crippen LogP contribution is -2.36. The van der Waals surface area contributed by atoms with E-state index in [1.165, 1.54) is 17.2 Å². The first-order valence-corrected chi connectivity index (χ1v) is 8.63. The van der Waals surface area contributed by atoms with E-state index in [0.717, 1.165) is 23.2 Å². The molecular weight excluding hydrogens is 334 g/mol. The van der Waals surface area contributed by atoms with Gasteiger partial charge in [-0.05, 0) is 24.5 Å². The van der Waals surface area contributed by atoms with Gasteiger partial charge in [0.05, 0.1) is 6.54 Å². The first-order valence-electron chi connectivity index (χ1n) is 8.63. The number of benzene rings is 1. The minimum absolute atomic E-state index is 0.183. The number of nitrogens with zero attached hydrogens (tertiary/aromatic N) is 3. The smallest absolute Gasteiger partial charge is 0.332 e. The van der Waals surface area contributed by atoms with Crippen molar-refractivity contribution < 1.29 is 4.74 Å². The minimum atomic E-state index is -0.386. The quantitative estimate of drug-likeness (QED) is 0.711. The Bertz CT molecular complexity index is 1050. The number of aromatic nitrogens is 4. The lowest BCUT2D eigenvalue weighted by Gasteiger charge is -2.15. The third kappa shape index (κ3) is 2.82. The average Bonchev–Trinajstić information content (AvgIpc) is 2.98. The van der Waals surface area contributed by atoms with Crippen molar-refractivity contribution in [1.29, 1.82) is 0 Å². The molecule has 1 aromatic carbocycles. The van der Waals surface area contributed by atoms with Gasteiger partial charge in [-0.2, -0.15) is 0 Å². The topological polar surface area (TPSA) is 93.9 Å². The molecule has 26 heavy (non-hydrogen) atoms. The summed E-state index contributed by atoms with van der Waals surface area (Å²) in [6.45, 7) is 1.05. The van der Waals surface area contributed by atoms with E-state index in [-0.39, 0.29) is 17.3 Å². The van der Waals surface area contributed by atoms with Gasteiger partial charge in [0.1, 0.15) is 23.7 Å². The largest absolute Gasteiger partial charge is 0.492 e. The second kappa shape index (κ2) is 6.45. The van der Waals surface area contributed by atoms with Crippen LogP contribution < -0.4 is 21.3 Å². The molecule has 0 spiro atoms. The van der Waals surface area contributed by atoms with Crippen molar-refractivity contribution >= 4 is 11.2 Å². The number of hydrogen-bond donors (Lipinski definition) is 2. The highest BCUT2D eigenvalue weighted by Gasteiger charge is 2.18. The zero-order valence-electron chi connectivity index (χ0n) is 14.8. The summed E-state index contributed by atoms with van der Waals surface area (Å²) in [4.78, 5) is 31.7. The fourth-order valence-corrected chi connectivity index (χ4v) is 3.31. The lowest BCUT2D eigenvalue weighted by molar-refractivity contribution is 0.266. The standard InChI is InChI=1S/C18H21N5O3/c1-22-16-15(17(24)23(2)18(22)25)20-14(21-16)9-19-12-8-7-11-5-3-4-6-13(11)26-10-12/h3-6,12,19H,7-10H2,1-2H3,(H,20,21). The van der Waals surface area contributed by atoms with E-state index in [1.807, 2.05) is 18.2 Å². The molecule has 0 bridgehead atoms. The number of aryl methyl sites for hydroxylation is 2. The predicted molar refractivity (Wildman–Crippen MR) is 97.5 cm³/mol. The zero-order chi connectivity index (χ0) is 18.3. The fourth-order valence-electron chi connectivity index (χ4n) is 3.31. The molecule has 8 heteroatoms. The number of nitrogens with one attached hydrogen (secondary N) is 2. The van der Waals surface area contributed by atoms with Gasteiger partial charge in [-0.1, -0.05) is 18.2 Å². The molecule has 1 aliphatic rings. The van der Waals surface area contributed by atoms with E-state index >= 15 is 0 Å². The number of rotatable bonds is 3. The van der Waals surface area contributed by atoms with Crippen LogP contribution in [0.15, 0.2) is 33.9 Å². The maximum absolute atomic E-state index is 12.2. The Balaban J connectivity index is 1.51. The van der Waals surface area contributed by atoms with E-state index in [4.69, 9.17) is 4.74 Å². The molecule has 0 fully saturated rings. The van der Waals surface area contributed by atoms with Crippen LogP contribution in [-0.2, 0) is 27.1 Å². The molecule has 4 rings (SSSR count). The summed E-state index contributed by atoms with van der Waals surface area (Å²) >= 11 is 0. The van der Waals surface area contributed by atoms with Gasteiger partial charge in [-0.15, -0.1) is 0 Å². The fraction of sp³-hybridized carbons (Fsp3) is 0.389. The van der Waals surface area contributed by atoms with Crippen LogP contribution in [0.4, 0.5) is 0 Å². The van der Waals surface area contributed by atoms with E-state index < -0.39 is 0 Å². The summed E-state index contributed by atoms with van der Waals surface area (Å²) in [7, 11) is 3.07. The summed E-state index contributed by atoms with van der Waals surface area (Å²) in [6, 6.07) is 8.27. The van der Waals surface area contributed by atoms with Crippen LogP contribution in [-0.4, -0.2) is 31.8 Å². The molecule has 1 aliphatic heterocycles. The molecule has 1 atom stereocenters. The Morgan fingerprint density at radius 1 is 1.27 bits per heavy atom. The third-order valence-corrected chi connectivity index (χ3v) is 4.88. The summed E-state index contributed by atoms with van der Waals surface area (Å²) in [5, 5.41) is 3.43. The molecule has 0 saturated heterocycles. The predicted octanol–water partition coefficient (Wildman–Crippen LogP) is 0.444. The molecule has 1 unspecified atom stereocenters. The molecule has 136 valence electrons. The number of fused-ring (bicyclic) bond motifs is 2. The van der Waals surface area contributed by atoms with Crippen LogP contribution in [0.25, 0.3) is 11.2 Å². The normalized spacial score (nSPS) is 16.9. The van der Waals surface area contributed by atoms with Gasteiger partial charge in [0.2, 0.25) is 0 Å². The van der Waals surface area contributed by atoms with Gasteiger partial charge in [-0.3, -0.25) is 13.9 Å². The van der Waals surface area contributed by atoms with Crippen LogP contribution in [0.5, 0.6) is 5.75 Å². The molecule has 3 heterocycles. The minimum Gasteiger partial charge on any atom is -0.492 e. The van der Waals surface area contributed by atoms with Gasteiger partial charge < -0.3 is 15.0 Å². The number of imidazole rings is 1. The maximum atomic E-state index is 12.2. The first kappa shape index (κ1) is 16.6. The van der Waals surface area contributed by atoms with Crippen LogP contribution >= 0.6 is 0 Å². The number of aromatic amines is 1. The van der Waals surface area contributed by atoms with Gasteiger partial charge in [0.15, 0.2) is 5.65 Å². The van der Waals surface area contributed by atoms with Crippen LogP contribution in [0.1, 0.15) is 17.8 Å². The number of para-hydroxylation sites is 1. The van der Waals surface area contributed by atoms with Crippen molar-refractivity contribution in [3.63, 3.8) is 0 Å². The second-order valence-corrected chi connectivity index (χ2v) is 6.62. The van der Waals surface area contributed by atoms with Crippen molar-refractivity contribution in [2.75, 3.05) is 6.61 Å². The van der Waals surface area contributed by atoms with Gasteiger partial charge in [0.25, 0.3) is 5.56 Å². The van der Waals surface area contributed by atoms with Crippen molar-refractivity contribution in [1.82, 2.24) is 24.4 Å². The summed E-state index contributed by atoms with van der Waals surface area (Å²) in [5.41, 5.74) is 1.19. The molecule has 0 radical (unpaired) electrons. The highest BCUT2D eigenvalue weighted by molar-refractivity contribution is 5.69. The van der Waals surface area contributed by atoms with Crippen molar-refractivity contribution in [2.45, 2.75) is 25.4 Å². The highest BCUT2D eigenvalue weighted by Crippen LogP contribution is 2.23. The maximum Gasteiger partial charge on any atom is 0.332 e. The Kier molecular flexibility index (Phi) is 4.12. The monoisotopic (exact) mass is 355 g/mol. The molecule has 3 aromatic rings. The highest BCUT2D eigenvalue weighted by atomic mass is 16.5. The van der Waals surface area contributed by atoms with Gasteiger partial charge >= 0.3 is 5.69 Å². The average molecular weight is 355 g/mol. The van der Waals surface area contributed by atoms with Crippen LogP contribution in [0.2, 0.25) is 0 Å². The molecule has 2 aromatic heterocycles. The number of ether oxygens (including phenoxy) is 1. The van der Waals surface area contributed by atoms with E-state index in [1.54, 1.807) is 7.05 Å². The third-order valence-electron chi connectivity index (χ3n) is 4.88. The molecule has 0 amide bonds. The SMILES string of the molecule is Cn1c(=O)c2[nH]c(CNC3CCc4ccccc4OC3)nc2n(C)c1=O. The Morgan fingerprint density at radius 3 is 2.92 bits per heavy atom. The van der Waals surface area contributed by atoms with Crippen LogP contribution in [0.3, 0.4) is 0 Å². The second-order valence-electron chi connectivity index (χ2n) is 6.62. The van der Waals surface area contributed by atoms with Gasteiger partial charge in [-0.25, -0.2) is 9.78 Å². The Morgan fingerprint density at radius 2 is 2.08 bits per heavy atom. The zero-order valence-corrected chi connectivity index (χ0v) is 14.8. The summed E-state index contributed by atoms with van der Waals surface area (Å²) in [6.07, 6.45) is 1.90. The lowest BCUT2D eigenvalue weighted by atomic mass is 10.1. The Hall–Kier alpha value is -2.87. The van der Waals surface area contributed by atoms with Gasteiger partial charge in [0, 0.05) is 20.1 Å². The molecule has 8 nitrogen and oxygen atoms in total.